The first kappa shape index (κ1) is 21.7. The number of benzene rings is 1. The molecular weight excluding hydrogens is 328 g/mol. The van der Waals surface area contributed by atoms with Crippen molar-refractivity contribution in [2.75, 3.05) is 0 Å². The van der Waals surface area contributed by atoms with Crippen molar-refractivity contribution in [3.8, 4) is 0 Å². The van der Waals surface area contributed by atoms with Crippen LogP contribution in [0, 0.1) is 5.92 Å². The van der Waals surface area contributed by atoms with Gasteiger partial charge in [-0.25, -0.2) is 4.98 Å². The molecule has 1 aromatic heterocycles. The van der Waals surface area contributed by atoms with Crippen LogP contribution in [0.5, 0.6) is 0 Å². The number of aromatic nitrogens is 2. The van der Waals surface area contributed by atoms with Gasteiger partial charge >= 0.3 is 0 Å². The molecule has 2 heteroatoms. The van der Waals surface area contributed by atoms with E-state index in [9.17, 15) is 0 Å². The Kier molecular flexibility index (Phi) is 10.9. The average molecular weight is 369 g/mol. The molecule has 0 fully saturated rings. The summed E-state index contributed by atoms with van der Waals surface area (Å²) < 4.78 is 2.39. The SMILES string of the molecule is CCCCCCCCC(Cc1ccccc1)C(CCCCC)n1ccnc1. The lowest BCUT2D eigenvalue weighted by atomic mass is 9.84. The minimum atomic E-state index is 0.579. The predicted molar refractivity (Wildman–Crippen MR) is 117 cm³/mol. The van der Waals surface area contributed by atoms with Gasteiger partial charge in [0.15, 0.2) is 0 Å². The highest BCUT2D eigenvalue weighted by Gasteiger charge is 2.22. The summed E-state index contributed by atoms with van der Waals surface area (Å²) in [6.07, 6.45) is 22.2. The van der Waals surface area contributed by atoms with E-state index in [-0.39, 0.29) is 0 Å². The van der Waals surface area contributed by atoms with Crippen molar-refractivity contribution in [3.63, 3.8) is 0 Å². The zero-order valence-corrected chi connectivity index (χ0v) is 17.7. The molecule has 2 rings (SSSR count). The van der Waals surface area contributed by atoms with Crippen LogP contribution in [0.25, 0.3) is 0 Å². The molecule has 0 N–H and O–H groups in total. The van der Waals surface area contributed by atoms with Crippen molar-refractivity contribution in [2.24, 2.45) is 5.92 Å². The third kappa shape index (κ3) is 8.32. The molecule has 27 heavy (non-hydrogen) atoms. The molecule has 0 spiro atoms. The fourth-order valence-corrected chi connectivity index (χ4v) is 4.23. The van der Waals surface area contributed by atoms with Crippen LogP contribution >= 0.6 is 0 Å². The average Bonchev–Trinajstić information content (AvgIpc) is 3.22. The molecule has 150 valence electrons. The quantitative estimate of drug-likeness (QED) is 0.296. The third-order valence-corrected chi connectivity index (χ3v) is 5.82. The van der Waals surface area contributed by atoms with Gasteiger partial charge in [-0.2, -0.15) is 0 Å². The van der Waals surface area contributed by atoms with Gasteiger partial charge in [-0.3, -0.25) is 0 Å². The summed E-state index contributed by atoms with van der Waals surface area (Å²) in [4.78, 5) is 4.35. The molecule has 0 aliphatic rings. The summed E-state index contributed by atoms with van der Waals surface area (Å²) in [7, 11) is 0. The summed E-state index contributed by atoms with van der Waals surface area (Å²) in [5.74, 6) is 0.699. The van der Waals surface area contributed by atoms with Gasteiger partial charge in [-0.15, -0.1) is 0 Å². The van der Waals surface area contributed by atoms with Crippen LogP contribution < -0.4 is 0 Å². The van der Waals surface area contributed by atoms with Crippen molar-refractivity contribution in [1.29, 1.82) is 0 Å². The molecule has 2 unspecified atom stereocenters. The molecular formula is C25H40N2. The number of nitrogens with zero attached hydrogens (tertiary/aromatic N) is 2. The number of imidazole rings is 1. The second kappa shape index (κ2) is 13.6. The van der Waals surface area contributed by atoms with Crippen LogP contribution in [0.2, 0.25) is 0 Å². The summed E-state index contributed by atoms with van der Waals surface area (Å²) in [6, 6.07) is 11.7. The van der Waals surface area contributed by atoms with E-state index in [1.165, 1.54) is 82.6 Å². The monoisotopic (exact) mass is 368 g/mol. The van der Waals surface area contributed by atoms with Crippen LogP contribution in [0.4, 0.5) is 0 Å². The highest BCUT2D eigenvalue weighted by Crippen LogP contribution is 2.32. The maximum absolute atomic E-state index is 4.35. The largest absolute Gasteiger partial charge is 0.334 e. The lowest BCUT2D eigenvalue weighted by Gasteiger charge is -2.29. The van der Waals surface area contributed by atoms with Crippen LogP contribution in [-0.2, 0) is 6.42 Å². The van der Waals surface area contributed by atoms with E-state index in [2.05, 4.69) is 59.9 Å². The third-order valence-electron chi connectivity index (χ3n) is 5.82. The van der Waals surface area contributed by atoms with Gasteiger partial charge in [-0.05, 0) is 30.7 Å². The fraction of sp³-hybridized carbons (Fsp3) is 0.640. The Bertz CT molecular complexity index is 561. The highest BCUT2D eigenvalue weighted by molar-refractivity contribution is 5.15. The maximum atomic E-state index is 4.35. The van der Waals surface area contributed by atoms with Gasteiger partial charge in [-0.1, -0.05) is 102 Å². The normalized spacial score (nSPS) is 13.6. The predicted octanol–water partition coefficient (Wildman–Crippen LogP) is 7.61. The van der Waals surface area contributed by atoms with E-state index in [1.54, 1.807) is 0 Å². The number of hydrogen-bond acceptors (Lipinski definition) is 1. The molecule has 2 nitrogen and oxygen atoms in total. The lowest BCUT2D eigenvalue weighted by Crippen LogP contribution is -2.21. The van der Waals surface area contributed by atoms with Crippen LogP contribution in [0.1, 0.15) is 96.1 Å². The highest BCUT2D eigenvalue weighted by atomic mass is 15.1. The lowest BCUT2D eigenvalue weighted by molar-refractivity contribution is 0.276. The second-order valence-electron chi connectivity index (χ2n) is 8.08. The second-order valence-corrected chi connectivity index (χ2v) is 8.08. The Morgan fingerprint density at radius 2 is 1.48 bits per heavy atom. The zero-order valence-electron chi connectivity index (χ0n) is 17.7. The number of unbranched alkanes of at least 4 members (excludes halogenated alkanes) is 7. The van der Waals surface area contributed by atoms with E-state index in [0.717, 1.165) is 0 Å². The van der Waals surface area contributed by atoms with Crippen LogP contribution in [-0.4, -0.2) is 9.55 Å². The Labute approximate surface area is 167 Å². The topological polar surface area (TPSA) is 17.8 Å². The summed E-state index contributed by atoms with van der Waals surface area (Å²) in [5, 5.41) is 0. The molecule has 0 amide bonds. The van der Waals surface area contributed by atoms with E-state index in [4.69, 9.17) is 0 Å². The molecule has 0 aliphatic heterocycles. The molecule has 1 aromatic carbocycles. The zero-order chi connectivity index (χ0) is 19.2. The molecule has 0 aliphatic carbocycles. The van der Waals surface area contributed by atoms with Crippen molar-refractivity contribution in [3.05, 3.63) is 54.6 Å². The van der Waals surface area contributed by atoms with Crippen molar-refractivity contribution < 1.29 is 0 Å². The van der Waals surface area contributed by atoms with E-state index in [0.29, 0.717) is 12.0 Å². The van der Waals surface area contributed by atoms with Gasteiger partial charge in [0.2, 0.25) is 0 Å². The van der Waals surface area contributed by atoms with Gasteiger partial charge < -0.3 is 4.57 Å². The van der Waals surface area contributed by atoms with Gasteiger partial charge in [0, 0.05) is 18.4 Å². The summed E-state index contributed by atoms with van der Waals surface area (Å²) >= 11 is 0. The van der Waals surface area contributed by atoms with Gasteiger partial charge in [0.1, 0.15) is 0 Å². The Balaban J connectivity index is 2.02. The van der Waals surface area contributed by atoms with Gasteiger partial charge in [0.05, 0.1) is 6.33 Å². The standard InChI is InChI=1S/C25H40N2/c1-3-5-7-8-9-14-17-24(21-23-15-12-10-13-16-23)25(18-11-6-4-2)27-20-19-26-22-27/h10,12-13,15-16,19-20,22,24-25H,3-9,11,14,17-18,21H2,1-2H3. The van der Waals surface area contributed by atoms with Crippen molar-refractivity contribution >= 4 is 0 Å². The fourth-order valence-electron chi connectivity index (χ4n) is 4.23. The van der Waals surface area contributed by atoms with E-state index >= 15 is 0 Å². The van der Waals surface area contributed by atoms with Crippen molar-refractivity contribution in [1.82, 2.24) is 9.55 Å². The van der Waals surface area contributed by atoms with Crippen LogP contribution in [0.15, 0.2) is 49.1 Å². The molecule has 0 bridgehead atoms. The number of hydrogen-bond donors (Lipinski definition) is 0. The Morgan fingerprint density at radius 3 is 2.19 bits per heavy atom. The minimum absolute atomic E-state index is 0.579. The minimum Gasteiger partial charge on any atom is -0.334 e. The molecule has 0 radical (unpaired) electrons. The molecule has 2 aromatic rings. The summed E-state index contributed by atoms with van der Waals surface area (Å²) in [6.45, 7) is 4.59. The molecule has 1 heterocycles. The maximum Gasteiger partial charge on any atom is 0.0948 e. The van der Waals surface area contributed by atoms with Gasteiger partial charge in [0.25, 0.3) is 0 Å². The first-order valence-electron chi connectivity index (χ1n) is 11.4. The van der Waals surface area contributed by atoms with E-state index < -0.39 is 0 Å². The first-order chi connectivity index (χ1) is 13.3. The van der Waals surface area contributed by atoms with Crippen LogP contribution in [0.3, 0.4) is 0 Å². The first-order valence-corrected chi connectivity index (χ1v) is 11.4. The Morgan fingerprint density at radius 1 is 0.815 bits per heavy atom. The number of rotatable bonds is 15. The summed E-state index contributed by atoms with van der Waals surface area (Å²) in [5.41, 5.74) is 1.48. The molecule has 2 atom stereocenters. The van der Waals surface area contributed by atoms with E-state index in [1.807, 2.05) is 12.5 Å². The molecule has 0 saturated carbocycles. The smallest absolute Gasteiger partial charge is 0.0948 e. The Hall–Kier alpha value is -1.57. The molecule has 0 saturated heterocycles. The van der Waals surface area contributed by atoms with Crippen molar-refractivity contribution in [2.45, 2.75) is 96.9 Å².